The summed E-state index contributed by atoms with van der Waals surface area (Å²) in [6.07, 6.45) is -0.479. The van der Waals surface area contributed by atoms with E-state index in [4.69, 9.17) is 5.73 Å². The van der Waals surface area contributed by atoms with Crippen LogP contribution in [-0.2, 0) is 0 Å². The maximum absolute atomic E-state index is 9.47. The van der Waals surface area contributed by atoms with Gasteiger partial charge in [-0.15, -0.1) is 0 Å². The van der Waals surface area contributed by atoms with Gasteiger partial charge in [-0.2, -0.15) is 0 Å². The van der Waals surface area contributed by atoms with Crippen LogP contribution in [0.3, 0.4) is 0 Å². The minimum Gasteiger partial charge on any atom is -0.398 e. The van der Waals surface area contributed by atoms with Crippen LogP contribution < -0.4 is 5.73 Å². The molecule has 0 aliphatic rings. The molecule has 3 heteroatoms. The third kappa shape index (κ3) is 3.02. The normalized spacial score (nSPS) is 12.4. The average molecular weight is 245 g/mol. The van der Waals surface area contributed by atoms with Gasteiger partial charge in [0.2, 0.25) is 0 Å². The topological polar surface area (TPSA) is 46.2 Å². The molecule has 0 aromatic heterocycles. The molecule has 0 heterocycles. The average Bonchev–Trinajstić information content (AvgIpc) is 2.33. The Balaban J connectivity index is 2.23. The van der Waals surface area contributed by atoms with Gasteiger partial charge in [-0.3, -0.25) is 0 Å². The van der Waals surface area contributed by atoms with E-state index >= 15 is 0 Å². The molecule has 0 saturated carbocycles. The lowest BCUT2D eigenvalue weighted by Crippen LogP contribution is -1.95. The van der Waals surface area contributed by atoms with Gasteiger partial charge in [0.05, 0.1) is 6.10 Å². The molecule has 0 amide bonds. The summed E-state index contributed by atoms with van der Waals surface area (Å²) in [4.78, 5) is 2.17. The molecular weight excluding hydrogens is 230 g/mol. The van der Waals surface area contributed by atoms with Crippen LogP contribution in [0.15, 0.2) is 58.3 Å². The second-order valence-corrected chi connectivity index (χ2v) is 5.00. The first-order valence-electron chi connectivity index (χ1n) is 5.47. The summed E-state index contributed by atoms with van der Waals surface area (Å²) in [6, 6.07) is 15.8. The van der Waals surface area contributed by atoms with Crippen LogP contribution in [0.1, 0.15) is 18.6 Å². The van der Waals surface area contributed by atoms with E-state index < -0.39 is 6.10 Å². The molecule has 88 valence electrons. The van der Waals surface area contributed by atoms with Crippen LogP contribution in [0.25, 0.3) is 0 Å². The molecule has 0 spiro atoms. The molecular formula is C14H15NOS. The molecule has 0 aliphatic carbocycles. The highest BCUT2D eigenvalue weighted by atomic mass is 32.2. The first-order chi connectivity index (χ1) is 8.16. The van der Waals surface area contributed by atoms with Crippen molar-refractivity contribution in [1.29, 1.82) is 0 Å². The van der Waals surface area contributed by atoms with Gasteiger partial charge in [0, 0.05) is 15.5 Å². The van der Waals surface area contributed by atoms with Crippen molar-refractivity contribution in [2.24, 2.45) is 0 Å². The summed E-state index contributed by atoms with van der Waals surface area (Å²) < 4.78 is 0. The molecule has 2 rings (SSSR count). The van der Waals surface area contributed by atoms with E-state index in [9.17, 15) is 5.11 Å². The van der Waals surface area contributed by atoms with E-state index in [1.165, 1.54) is 0 Å². The molecule has 2 aromatic carbocycles. The molecule has 0 saturated heterocycles. The Morgan fingerprint density at radius 2 is 1.82 bits per heavy atom. The van der Waals surface area contributed by atoms with E-state index in [0.717, 1.165) is 15.4 Å². The maximum atomic E-state index is 9.47. The van der Waals surface area contributed by atoms with E-state index in [1.807, 2.05) is 48.5 Å². The van der Waals surface area contributed by atoms with Gasteiger partial charge < -0.3 is 10.8 Å². The molecule has 2 nitrogen and oxygen atoms in total. The predicted octanol–water partition coefficient (Wildman–Crippen LogP) is 3.47. The second-order valence-electron chi connectivity index (χ2n) is 3.89. The number of rotatable bonds is 3. The van der Waals surface area contributed by atoms with Gasteiger partial charge >= 0.3 is 0 Å². The van der Waals surface area contributed by atoms with Gasteiger partial charge in [-0.05, 0) is 36.8 Å². The van der Waals surface area contributed by atoms with Gasteiger partial charge in [0.1, 0.15) is 0 Å². The number of hydrogen-bond donors (Lipinski definition) is 2. The SMILES string of the molecule is C[C@@H](O)c1ccc(Sc2ccccc2)c(N)c1. The third-order valence-electron chi connectivity index (χ3n) is 2.49. The lowest BCUT2D eigenvalue weighted by Gasteiger charge is -2.09. The van der Waals surface area contributed by atoms with Crippen molar-refractivity contribution in [2.45, 2.75) is 22.8 Å². The Kier molecular flexibility index (Phi) is 3.71. The molecule has 1 atom stereocenters. The summed E-state index contributed by atoms with van der Waals surface area (Å²) in [7, 11) is 0. The van der Waals surface area contributed by atoms with E-state index in [2.05, 4.69) is 0 Å². The molecule has 3 N–H and O–H groups in total. The Morgan fingerprint density at radius 1 is 1.12 bits per heavy atom. The first-order valence-corrected chi connectivity index (χ1v) is 6.29. The number of aliphatic hydroxyl groups excluding tert-OH is 1. The van der Waals surface area contributed by atoms with Crippen molar-refractivity contribution in [3.63, 3.8) is 0 Å². The number of nitrogens with two attached hydrogens (primary N) is 1. The number of anilines is 1. The van der Waals surface area contributed by atoms with E-state index in [-0.39, 0.29) is 0 Å². The van der Waals surface area contributed by atoms with Crippen molar-refractivity contribution >= 4 is 17.4 Å². The highest BCUT2D eigenvalue weighted by Gasteiger charge is 2.06. The van der Waals surface area contributed by atoms with Crippen LogP contribution in [0, 0.1) is 0 Å². The van der Waals surface area contributed by atoms with Crippen molar-refractivity contribution in [2.75, 3.05) is 5.73 Å². The van der Waals surface area contributed by atoms with Gasteiger partial charge in [0.25, 0.3) is 0 Å². The number of nitrogen functional groups attached to an aromatic ring is 1. The Hall–Kier alpha value is -1.45. The lowest BCUT2D eigenvalue weighted by atomic mass is 10.1. The smallest absolute Gasteiger partial charge is 0.0762 e. The summed E-state index contributed by atoms with van der Waals surface area (Å²) in [6.45, 7) is 1.73. The fraction of sp³-hybridized carbons (Fsp3) is 0.143. The lowest BCUT2D eigenvalue weighted by molar-refractivity contribution is 0.199. The quantitative estimate of drug-likeness (QED) is 0.814. The van der Waals surface area contributed by atoms with Crippen molar-refractivity contribution in [1.82, 2.24) is 0 Å². The Labute approximate surface area is 105 Å². The molecule has 0 radical (unpaired) electrons. The fourth-order valence-corrected chi connectivity index (χ4v) is 2.40. The zero-order chi connectivity index (χ0) is 12.3. The molecule has 0 aliphatic heterocycles. The summed E-state index contributed by atoms with van der Waals surface area (Å²) >= 11 is 1.63. The van der Waals surface area contributed by atoms with Crippen LogP contribution in [0.5, 0.6) is 0 Å². The minimum absolute atomic E-state index is 0.479. The predicted molar refractivity (Wildman–Crippen MR) is 72.1 cm³/mol. The summed E-state index contributed by atoms with van der Waals surface area (Å²) in [5.41, 5.74) is 7.53. The van der Waals surface area contributed by atoms with Gasteiger partial charge in [-0.1, -0.05) is 36.0 Å². The molecule has 0 bridgehead atoms. The van der Waals surface area contributed by atoms with Crippen LogP contribution in [-0.4, -0.2) is 5.11 Å². The molecule has 0 fully saturated rings. The fourth-order valence-electron chi connectivity index (χ4n) is 1.54. The highest BCUT2D eigenvalue weighted by molar-refractivity contribution is 7.99. The number of hydrogen-bond acceptors (Lipinski definition) is 3. The standard InChI is InChI=1S/C14H15NOS/c1-10(16)11-7-8-14(13(15)9-11)17-12-5-3-2-4-6-12/h2-10,16H,15H2,1H3/t10-/m1/s1. The summed E-state index contributed by atoms with van der Waals surface area (Å²) in [5, 5.41) is 9.47. The zero-order valence-electron chi connectivity index (χ0n) is 9.63. The molecule has 0 unspecified atom stereocenters. The van der Waals surface area contributed by atoms with Crippen LogP contribution in [0.4, 0.5) is 5.69 Å². The molecule has 2 aromatic rings. The van der Waals surface area contributed by atoms with Gasteiger partial charge in [-0.25, -0.2) is 0 Å². The summed E-state index contributed by atoms with van der Waals surface area (Å²) in [5.74, 6) is 0. The van der Waals surface area contributed by atoms with E-state index in [0.29, 0.717) is 5.69 Å². The van der Waals surface area contributed by atoms with Crippen molar-refractivity contribution in [3.8, 4) is 0 Å². The Bertz CT molecular complexity index is 497. The number of benzene rings is 2. The maximum Gasteiger partial charge on any atom is 0.0762 e. The van der Waals surface area contributed by atoms with Crippen molar-refractivity contribution < 1.29 is 5.11 Å². The zero-order valence-corrected chi connectivity index (χ0v) is 10.4. The molecule has 17 heavy (non-hydrogen) atoms. The first kappa shape index (κ1) is 12.0. The van der Waals surface area contributed by atoms with Crippen LogP contribution in [0.2, 0.25) is 0 Å². The van der Waals surface area contributed by atoms with Gasteiger partial charge in [0.15, 0.2) is 0 Å². The van der Waals surface area contributed by atoms with Crippen molar-refractivity contribution in [3.05, 3.63) is 54.1 Å². The number of aliphatic hydroxyl groups is 1. The van der Waals surface area contributed by atoms with Crippen LogP contribution >= 0.6 is 11.8 Å². The second kappa shape index (κ2) is 5.25. The minimum atomic E-state index is -0.479. The largest absolute Gasteiger partial charge is 0.398 e. The Morgan fingerprint density at radius 3 is 2.41 bits per heavy atom. The highest BCUT2D eigenvalue weighted by Crippen LogP contribution is 2.33. The van der Waals surface area contributed by atoms with E-state index in [1.54, 1.807) is 18.7 Å². The monoisotopic (exact) mass is 245 g/mol. The third-order valence-corrected chi connectivity index (χ3v) is 3.59.